The van der Waals surface area contributed by atoms with E-state index in [0.717, 1.165) is 0 Å². The molecule has 0 saturated heterocycles. The Labute approximate surface area is 46.2 Å². The number of allylic oxidation sites excluding steroid dienone is 1. The van der Waals surface area contributed by atoms with Gasteiger partial charge in [-0.2, -0.15) is 5.26 Å². The molecule has 0 aromatic heterocycles. The molecule has 0 amide bonds. The molecule has 0 aliphatic rings. The summed E-state index contributed by atoms with van der Waals surface area (Å²) in [5.41, 5.74) is -0.326. The summed E-state index contributed by atoms with van der Waals surface area (Å²) in [6.07, 6.45) is 0. The molecule has 3 heteroatoms. The predicted molar refractivity (Wildman–Crippen MR) is 25.7 cm³/mol. The Morgan fingerprint density at radius 3 is 2.50 bits per heavy atom. The topological polar surface area (TPSA) is 40.9 Å². The molecule has 0 aliphatic carbocycles. The van der Waals surface area contributed by atoms with Crippen LogP contribution in [0.1, 0.15) is 0 Å². The second kappa shape index (κ2) is 2.92. The molecular weight excluding hydrogens is 109 g/mol. The molecule has 0 aromatic carbocycles. The first kappa shape index (κ1) is 6.83. The van der Waals surface area contributed by atoms with Gasteiger partial charge in [0.05, 0.1) is 5.57 Å². The zero-order valence-electron chi connectivity index (χ0n) is 4.15. The number of Topliss-reactive ketones (excluding diaryl/α,β-unsaturated/α-hetero) is 1. The number of rotatable bonds is 2. The van der Waals surface area contributed by atoms with Gasteiger partial charge in [-0.3, -0.25) is 4.79 Å². The first-order valence-electron chi connectivity index (χ1n) is 1.90. The van der Waals surface area contributed by atoms with Crippen LogP contribution in [0.3, 0.4) is 0 Å². The highest BCUT2D eigenvalue weighted by molar-refractivity contribution is 5.99. The third-order valence-electron chi connectivity index (χ3n) is 0.593. The summed E-state index contributed by atoms with van der Waals surface area (Å²) < 4.78 is 11.3. The number of halogens is 1. The fourth-order valence-corrected chi connectivity index (χ4v) is 0.143. The number of ketones is 1. The van der Waals surface area contributed by atoms with Crippen molar-refractivity contribution in [2.24, 2.45) is 0 Å². The maximum atomic E-state index is 11.3. The zero-order chi connectivity index (χ0) is 6.57. The van der Waals surface area contributed by atoms with Gasteiger partial charge in [0.25, 0.3) is 0 Å². The van der Waals surface area contributed by atoms with Crippen LogP contribution in [0, 0.1) is 11.3 Å². The van der Waals surface area contributed by atoms with Crippen molar-refractivity contribution in [1.82, 2.24) is 0 Å². The molecule has 0 saturated carbocycles. The lowest BCUT2D eigenvalue weighted by molar-refractivity contribution is -0.115. The summed E-state index contributed by atoms with van der Waals surface area (Å²) in [5.74, 6) is -0.840. The fraction of sp³-hybridized carbons (Fsp3) is 0.200. The average Bonchev–Trinajstić information content (AvgIpc) is 1.84. The summed E-state index contributed by atoms with van der Waals surface area (Å²) in [5, 5.41) is 7.90. The van der Waals surface area contributed by atoms with Crippen LogP contribution < -0.4 is 0 Å². The predicted octanol–water partition coefficient (Wildman–Crippen LogP) is 0.605. The summed E-state index contributed by atoms with van der Waals surface area (Å²) in [6, 6.07) is 1.43. The minimum atomic E-state index is -1.13. The van der Waals surface area contributed by atoms with Crippen LogP contribution in [0.15, 0.2) is 12.2 Å². The summed E-state index contributed by atoms with van der Waals surface area (Å²) >= 11 is 0. The molecule has 2 nitrogen and oxygen atoms in total. The minimum Gasteiger partial charge on any atom is -0.290 e. The van der Waals surface area contributed by atoms with E-state index >= 15 is 0 Å². The van der Waals surface area contributed by atoms with Crippen LogP contribution in [0.5, 0.6) is 0 Å². The standard InChI is InChI=1S/C5H4FNO/c1-4(3-7)5(8)2-6/h1-2H2. The molecule has 0 bridgehead atoms. The van der Waals surface area contributed by atoms with Crippen molar-refractivity contribution in [3.05, 3.63) is 12.2 Å². The number of nitriles is 1. The Bertz CT molecular complexity index is 156. The molecule has 0 aromatic rings. The van der Waals surface area contributed by atoms with Gasteiger partial charge in [0.2, 0.25) is 5.78 Å². The maximum absolute atomic E-state index is 11.3. The van der Waals surface area contributed by atoms with Crippen molar-refractivity contribution in [2.45, 2.75) is 0 Å². The van der Waals surface area contributed by atoms with Gasteiger partial charge >= 0.3 is 0 Å². The normalized spacial score (nSPS) is 7.50. The highest BCUT2D eigenvalue weighted by atomic mass is 19.1. The Morgan fingerprint density at radius 1 is 1.88 bits per heavy atom. The number of hydrogen-bond donors (Lipinski definition) is 0. The molecule has 0 spiro atoms. The van der Waals surface area contributed by atoms with E-state index in [4.69, 9.17) is 5.26 Å². The highest BCUT2D eigenvalue weighted by Gasteiger charge is 2.02. The van der Waals surface area contributed by atoms with E-state index in [1.807, 2.05) is 0 Å². The van der Waals surface area contributed by atoms with Crippen molar-refractivity contribution in [1.29, 1.82) is 5.26 Å². The quantitative estimate of drug-likeness (QED) is 0.388. The summed E-state index contributed by atoms with van der Waals surface area (Å²) in [4.78, 5) is 10.0. The highest BCUT2D eigenvalue weighted by Crippen LogP contribution is 1.88. The van der Waals surface area contributed by atoms with E-state index < -0.39 is 12.5 Å². The number of hydrogen-bond acceptors (Lipinski definition) is 2. The van der Waals surface area contributed by atoms with E-state index in [9.17, 15) is 9.18 Å². The molecule has 0 heterocycles. The second-order valence-electron chi connectivity index (χ2n) is 1.15. The lowest BCUT2D eigenvalue weighted by Gasteiger charge is -1.82. The van der Waals surface area contributed by atoms with Gasteiger partial charge in [0.1, 0.15) is 6.07 Å². The van der Waals surface area contributed by atoms with Crippen molar-refractivity contribution in [3.8, 4) is 6.07 Å². The van der Waals surface area contributed by atoms with Gasteiger partial charge in [-0.05, 0) is 0 Å². The molecule has 0 rings (SSSR count). The summed E-state index contributed by atoms with van der Waals surface area (Å²) in [6.45, 7) is 1.86. The van der Waals surface area contributed by atoms with E-state index in [2.05, 4.69) is 6.58 Å². The van der Waals surface area contributed by atoms with Crippen LogP contribution in [0.2, 0.25) is 0 Å². The lowest BCUT2D eigenvalue weighted by Crippen LogP contribution is -2.00. The zero-order valence-corrected chi connectivity index (χ0v) is 4.15. The van der Waals surface area contributed by atoms with Gasteiger partial charge in [-0.25, -0.2) is 4.39 Å². The molecule has 0 atom stereocenters. The van der Waals surface area contributed by atoms with Gasteiger partial charge in [0, 0.05) is 0 Å². The largest absolute Gasteiger partial charge is 0.290 e. The lowest BCUT2D eigenvalue weighted by atomic mass is 10.2. The van der Waals surface area contributed by atoms with Gasteiger partial charge in [-0.1, -0.05) is 6.58 Å². The monoisotopic (exact) mass is 113 g/mol. The van der Waals surface area contributed by atoms with E-state index in [1.165, 1.54) is 6.07 Å². The second-order valence-corrected chi connectivity index (χ2v) is 1.15. The number of carbonyl (C=O) groups excluding carboxylic acids is 1. The molecular formula is C5H4FNO. The molecule has 0 fully saturated rings. The van der Waals surface area contributed by atoms with Crippen molar-refractivity contribution in [3.63, 3.8) is 0 Å². The molecule has 0 N–H and O–H groups in total. The van der Waals surface area contributed by atoms with E-state index in [1.54, 1.807) is 0 Å². The molecule has 0 unspecified atom stereocenters. The van der Waals surface area contributed by atoms with Crippen molar-refractivity contribution in [2.75, 3.05) is 6.67 Å². The third kappa shape index (κ3) is 1.52. The Morgan fingerprint density at radius 2 is 2.38 bits per heavy atom. The Kier molecular flexibility index (Phi) is 2.49. The molecule has 42 valence electrons. The van der Waals surface area contributed by atoms with Crippen LogP contribution in [0.25, 0.3) is 0 Å². The third-order valence-corrected chi connectivity index (χ3v) is 0.593. The Balaban J connectivity index is 3.89. The van der Waals surface area contributed by atoms with Gasteiger partial charge in [0.15, 0.2) is 6.67 Å². The SMILES string of the molecule is C=C(C#N)C(=O)CF. The van der Waals surface area contributed by atoms with Crippen molar-refractivity contribution < 1.29 is 9.18 Å². The molecule has 0 radical (unpaired) electrons. The van der Waals surface area contributed by atoms with Crippen LogP contribution in [-0.2, 0) is 4.79 Å². The van der Waals surface area contributed by atoms with Crippen LogP contribution in [-0.4, -0.2) is 12.5 Å². The number of carbonyl (C=O) groups is 1. The van der Waals surface area contributed by atoms with E-state index in [0.29, 0.717) is 0 Å². The van der Waals surface area contributed by atoms with Gasteiger partial charge < -0.3 is 0 Å². The van der Waals surface area contributed by atoms with E-state index in [-0.39, 0.29) is 5.57 Å². The fourth-order valence-electron chi connectivity index (χ4n) is 0.143. The molecule has 0 aliphatic heterocycles. The van der Waals surface area contributed by atoms with Crippen LogP contribution in [0.4, 0.5) is 4.39 Å². The first-order chi connectivity index (χ1) is 3.72. The Hall–Kier alpha value is -1.17. The minimum absolute atomic E-state index is 0.326. The number of alkyl halides is 1. The number of nitrogens with zero attached hydrogens (tertiary/aromatic N) is 1. The van der Waals surface area contributed by atoms with Crippen molar-refractivity contribution >= 4 is 5.78 Å². The van der Waals surface area contributed by atoms with Gasteiger partial charge in [-0.15, -0.1) is 0 Å². The van der Waals surface area contributed by atoms with Crippen LogP contribution >= 0.6 is 0 Å². The maximum Gasteiger partial charge on any atom is 0.203 e. The average molecular weight is 113 g/mol. The molecule has 8 heavy (non-hydrogen) atoms. The smallest absolute Gasteiger partial charge is 0.203 e. The first-order valence-corrected chi connectivity index (χ1v) is 1.90. The summed E-state index contributed by atoms with van der Waals surface area (Å²) in [7, 11) is 0.